The lowest BCUT2D eigenvalue weighted by Gasteiger charge is -2.33. The highest BCUT2D eigenvalue weighted by Gasteiger charge is 2.28. The van der Waals surface area contributed by atoms with Crippen LogP contribution in [0.3, 0.4) is 0 Å². The number of benzene rings is 1. The zero-order chi connectivity index (χ0) is 16.4. The molecular weight excluding hydrogens is 294 g/mol. The summed E-state index contributed by atoms with van der Waals surface area (Å²) in [5.41, 5.74) is 1.82. The third-order valence-electron chi connectivity index (χ3n) is 4.04. The van der Waals surface area contributed by atoms with E-state index in [0.29, 0.717) is 25.1 Å². The second kappa shape index (κ2) is 6.32. The van der Waals surface area contributed by atoms with Crippen molar-refractivity contribution in [2.24, 2.45) is 7.05 Å². The van der Waals surface area contributed by atoms with Crippen molar-refractivity contribution in [1.82, 2.24) is 9.78 Å². The number of hydrogen-bond donors (Lipinski definition) is 0. The fraction of sp³-hybridized carbons (Fsp3) is 0.412. The number of aromatic nitrogens is 2. The molecule has 1 amide bonds. The maximum atomic E-state index is 12.7. The van der Waals surface area contributed by atoms with E-state index < -0.39 is 0 Å². The van der Waals surface area contributed by atoms with Crippen LogP contribution in [0.1, 0.15) is 19.0 Å². The summed E-state index contributed by atoms with van der Waals surface area (Å²) in [5.74, 6) is 1.51. The summed E-state index contributed by atoms with van der Waals surface area (Å²) in [7, 11) is 3.50. The zero-order valence-electron chi connectivity index (χ0n) is 13.7. The van der Waals surface area contributed by atoms with Crippen LogP contribution in [-0.4, -0.2) is 35.4 Å². The number of methoxy groups -OCH3 is 1. The first-order valence-corrected chi connectivity index (χ1v) is 7.70. The SMILES string of the molecule is COc1ccc2c(c1)N(C(=O)CCc1ccnn1C)CC(C)O2. The quantitative estimate of drug-likeness (QED) is 0.868. The Morgan fingerprint density at radius 2 is 2.26 bits per heavy atom. The van der Waals surface area contributed by atoms with E-state index in [4.69, 9.17) is 9.47 Å². The van der Waals surface area contributed by atoms with Crippen molar-refractivity contribution in [1.29, 1.82) is 0 Å². The highest BCUT2D eigenvalue weighted by Crippen LogP contribution is 2.36. The average Bonchev–Trinajstić information content (AvgIpc) is 2.96. The molecule has 1 aliphatic heterocycles. The van der Waals surface area contributed by atoms with Crippen LogP contribution >= 0.6 is 0 Å². The predicted octanol–water partition coefficient (Wildman–Crippen LogP) is 2.18. The molecule has 3 rings (SSSR count). The average molecular weight is 315 g/mol. The normalized spacial score (nSPS) is 16.7. The second-order valence-electron chi connectivity index (χ2n) is 5.71. The maximum Gasteiger partial charge on any atom is 0.227 e. The molecule has 0 aliphatic carbocycles. The Kier molecular flexibility index (Phi) is 4.23. The molecule has 2 aromatic rings. The molecule has 0 bridgehead atoms. The third-order valence-corrected chi connectivity index (χ3v) is 4.04. The number of fused-ring (bicyclic) bond motifs is 1. The Morgan fingerprint density at radius 1 is 1.43 bits per heavy atom. The van der Waals surface area contributed by atoms with Crippen molar-refractivity contribution in [2.75, 3.05) is 18.6 Å². The number of anilines is 1. The lowest BCUT2D eigenvalue weighted by molar-refractivity contribution is -0.119. The van der Waals surface area contributed by atoms with Gasteiger partial charge in [0.15, 0.2) is 0 Å². The summed E-state index contributed by atoms with van der Waals surface area (Å²) in [4.78, 5) is 14.5. The van der Waals surface area contributed by atoms with Crippen molar-refractivity contribution in [3.8, 4) is 11.5 Å². The lowest BCUT2D eigenvalue weighted by Crippen LogP contribution is -2.42. The van der Waals surface area contributed by atoms with E-state index in [1.54, 1.807) is 22.9 Å². The van der Waals surface area contributed by atoms with Gasteiger partial charge in [0.2, 0.25) is 5.91 Å². The second-order valence-corrected chi connectivity index (χ2v) is 5.71. The molecule has 0 radical (unpaired) electrons. The van der Waals surface area contributed by atoms with Gasteiger partial charge in [-0.15, -0.1) is 0 Å². The number of hydrogen-bond acceptors (Lipinski definition) is 4. The fourth-order valence-corrected chi connectivity index (χ4v) is 2.80. The molecular formula is C17H21N3O3. The number of aryl methyl sites for hydroxylation is 2. The Hall–Kier alpha value is -2.50. The van der Waals surface area contributed by atoms with Gasteiger partial charge in [-0.1, -0.05) is 0 Å². The molecule has 23 heavy (non-hydrogen) atoms. The topological polar surface area (TPSA) is 56.6 Å². The van der Waals surface area contributed by atoms with Gasteiger partial charge in [-0.05, 0) is 31.5 Å². The minimum atomic E-state index is -0.0310. The highest BCUT2D eigenvalue weighted by atomic mass is 16.5. The van der Waals surface area contributed by atoms with E-state index in [1.165, 1.54) is 0 Å². The van der Waals surface area contributed by atoms with Crippen LogP contribution in [0.5, 0.6) is 11.5 Å². The van der Waals surface area contributed by atoms with E-state index in [9.17, 15) is 4.79 Å². The van der Waals surface area contributed by atoms with Crippen molar-refractivity contribution in [3.05, 3.63) is 36.2 Å². The van der Waals surface area contributed by atoms with Gasteiger partial charge < -0.3 is 14.4 Å². The van der Waals surface area contributed by atoms with Gasteiger partial charge in [-0.25, -0.2) is 0 Å². The van der Waals surface area contributed by atoms with Gasteiger partial charge in [0.25, 0.3) is 0 Å². The Labute approximate surface area is 135 Å². The molecule has 2 heterocycles. The van der Waals surface area contributed by atoms with E-state index >= 15 is 0 Å². The Morgan fingerprint density at radius 3 is 2.96 bits per heavy atom. The molecule has 0 N–H and O–H groups in total. The molecule has 1 aromatic heterocycles. The van der Waals surface area contributed by atoms with Gasteiger partial charge in [0.1, 0.15) is 17.6 Å². The van der Waals surface area contributed by atoms with Crippen LogP contribution in [0.15, 0.2) is 30.5 Å². The minimum absolute atomic E-state index is 0.0310. The monoisotopic (exact) mass is 315 g/mol. The molecule has 0 fully saturated rings. The van der Waals surface area contributed by atoms with Crippen molar-refractivity contribution < 1.29 is 14.3 Å². The number of ether oxygens (including phenoxy) is 2. The molecule has 6 nitrogen and oxygen atoms in total. The Balaban J connectivity index is 1.79. The standard InChI is InChI=1S/C17H21N3O3/c1-12-11-20(15-10-14(22-3)5-6-16(15)23-12)17(21)7-4-13-8-9-18-19(13)2/h5-6,8-10,12H,4,7,11H2,1-3H3. The molecule has 6 heteroatoms. The van der Waals surface area contributed by atoms with Gasteiger partial charge in [0.05, 0.1) is 19.3 Å². The van der Waals surface area contributed by atoms with Gasteiger partial charge >= 0.3 is 0 Å². The first-order chi connectivity index (χ1) is 11.1. The highest BCUT2D eigenvalue weighted by molar-refractivity contribution is 5.95. The first kappa shape index (κ1) is 15.4. The van der Waals surface area contributed by atoms with Crippen molar-refractivity contribution in [2.45, 2.75) is 25.9 Å². The molecule has 1 aromatic carbocycles. The predicted molar refractivity (Wildman–Crippen MR) is 87.0 cm³/mol. The third kappa shape index (κ3) is 3.16. The summed E-state index contributed by atoms with van der Waals surface area (Å²) in [6, 6.07) is 7.48. The summed E-state index contributed by atoms with van der Waals surface area (Å²) in [5, 5.41) is 4.13. The number of carbonyl (C=O) groups excluding carboxylic acids is 1. The van der Waals surface area contributed by atoms with Crippen LogP contribution in [0, 0.1) is 0 Å². The number of carbonyl (C=O) groups is 1. The summed E-state index contributed by atoms with van der Waals surface area (Å²) in [6.45, 7) is 2.51. The van der Waals surface area contributed by atoms with Crippen molar-refractivity contribution >= 4 is 11.6 Å². The lowest BCUT2D eigenvalue weighted by atomic mass is 10.1. The van der Waals surface area contributed by atoms with Crippen molar-refractivity contribution in [3.63, 3.8) is 0 Å². The van der Waals surface area contributed by atoms with Crippen LogP contribution in [0.4, 0.5) is 5.69 Å². The summed E-state index contributed by atoms with van der Waals surface area (Å²) >= 11 is 0. The smallest absolute Gasteiger partial charge is 0.227 e. The van der Waals surface area contributed by atoms with Crippen LogP contribution in [-0.2, 0) is 18.3 Å². The Bertz CT molecular complexity index is 711. The molecule has 1 atom stereocenters. The van der Waals surface area contributed by atoms with Gasteiger partial charge in [-0.3, -0.25) is 9.48 Å². The number of rotatable bonds is 4. The molecule has 0 saturated heterocycles. The van der Waals surface area contributed by atoms with Crippen LogP contribution < -0.4 is 14.4 Å². The molecule has 0 saturated carbocycles. The van der Waals surface area contributed by atoms with Crippen LogP contribution in [0.2, 0.25) is 0 Å². The first-order valence-electron chi connectivity index (χ1n) is 7.70. The maximum absolute atomic E-state index is 12.7. The van der Waals surface area contributed by atoms with E-state index in [-0.39, 0.29) is 12.0 Å². The molecule has 0 spiro atoms. The van der Waals surface area contributed by atoms with E-state index in [0.717, 1.165) is 17.1 Å². The summed E-state index contributed by atoms with van der Waals surface area (Å²) < 4.78 is 12.9. The summed E-state index contributed by atoms with van der Waals surface area (Å²) in [6.07, 6.45) is 2.82. The minimum Gasteiger partial charge on any atom is -0.497 e. The van der Waals surface area contributed by atoms with Gasteiger partial charge in [0, 0.05) is 31.4 Å². The largest absolute Gasteiger partial charge is 0.497 e. The zero-order valence-corrected chi connectivity index (χ0v) is 13.7. The van der Waals surface area contributed by atoms with Gasteiger partial charge in [-0.2, -0.15) is 5.10 Å². The van der Waals surface area contributed by atoms with E-state index in [2.05, 4.69) is 5.10 Å². The number of nitrogens with zero attached hydrogens (tertiary/aromatic N) is 3. The molecule has 1 aliphatic rings. The van der Waals surface area contributed by atoms with E-state index in [1.807, 2.05) is 38.2 Å². The fourth-order valence-electron chi connectivity index (χ4n) is 2.80. The van der Waals surface area contributed by atoms with Crippen LogP contribution in [0.25, 0.3) is 0 Å². The molecule has 1 unspecified atom stereocenters. The number of amides is 1. The molecule has 122 valence electrons.